The molecule has 1 saturated carbocycles. The van der Waals surface area contributed by atoms with Crippen molar-refractivity contribution in [3.8, 4) is 0 Å². The Morgan fingerprint density at radius 3 is 2.59 bits per heavy atom. The Bertz CT molecular complexity index is 382. The van der Waals surface area contributed by atoms with Crippen LogP contribution in [0.3, 0.4) is 0 Å². The fraction of sp³-hybridized carbons (Fsp3) is 0.583. The zero-order valence-electron chi connectivity index (χ0n) is 10.0. The van der Waals surface area contributed by atoms with E-state index in [1.807, 2.05) is 6.92 Å². The normalized spacial score (nSPS) is 24.4. The molecule has 1 aromatic rings. The third kappa shape index (κ3) is 3.23. The average Bonchev–Trinajstić information content (AvgIpc) is 2.33. The zero-order valence-corrected chi connectivity index (χ0v) is 10.0. The molecule has 1 fully saturated rings. The van der Waals surface area contributed by atoms with Gasteiger partial charge < -0.3 is 11.1 Å². The lowest BCUT2D eigenvalue weighted by Gasteiger charge is -2.26. The highest BCUT2D eigenvalue weighted by Crippen LogP contribution is 2.17. The minimum absolute atomic E-state index is 0.141. The highest BCUT2D eigenvalue weighted by molar-refractivity contribution is 5.92. The van der Waals surface area contributed by atoms with E-state index in [1.54, 1.807) is 6.20 Å². The van der Waals surface area contributed by atoms with Gasteiger partial charge in [0.25, 0.3) is 5.91 Å². The van der Waals surface area contributed by atoms with E-state index in [9.17, 15) is 4.79 Å². The van der Waals surface area contributed by atoms with E-state index >= 15 is 0 Å². The Kier molecular flexibility index (Phi) is 3.68. The highest BCUT2D eigenvalue weighted by Gasteiger charge is 2.20. The molecule has 5 nitrogen and oxygen atoms in total. The molecule has 0 aliphatic heterocycles. The van der Waals surface area contributed by atoms with Gasteiger partial charge in [0.2, 0.25) is 0 Å². The van der Waals surface area contributed by atoms with Crippen molar-refractivity contribution in [1.29, 1.82) is 0 Å². The first-order valence-corrected chi connectivity index (χ1v) is 6.00. The topological polar surface area (TPSA) is 80.9 Å². The van der Waals surface area contributed by atoms with Gasteiger partial charge in [-0.25, -0.2) is 4.98 Å². The Labute approximate surface area is 101 Å². The second kappa shape index (κ2) is 5.23. The summed E-state index contributed by atoms with van der Waals surface area (Å²) in [5, 5.41) is 2.98. The number of hydrogen-bond acceptors (Lipinski definition) is 4. The van der Waals surface area contributed by atoms with Gasteiger partial charge in [0.1, 0.15) is 5.69 Å². The number of nitrogens with two attached hydrogens (primary N) is 1. The maximum atomic E-state index is 11.9. The van der Waals surface area contributed by atoms with E-state index in [1.165, 1.54) is 6.20 Å². The van der Waals surface area contributed by atoms with Crippen LogP contribution in [0.4, 0.5) is 0 Å². The number of carbonyl (C=O) groups is 1. The Balaban J connectivity index is 1.91. The molecular weight excluding hydrogens is 216 g/mol. The largest absolute Gasteiger partial charge is 0.348 e. The van der Waals surface area contributed by atoms with Gasteiger partial charge in [-0.05, 0) is 32.6 Å². The average molecular weight is 234 g/mol. The summed E-state index contributed by atoms with van der Waals surface area (Å²) in [5.74, 6) is -0.141. The third-order valence-electron chi connectivity index (χ3n) is 3.12. The van der Waals surface area contributed by atoms with Gasteiger partial charge >= 0.3 is 0 Å². The molecule has 1 amide bonds. The van der Waals surface area contributed by atoms with Crippen molar-refractivity contribution in [2.45, 2.75) is 44.7 Å². The number of nitrogens with zero attached hydrogens (tertiary/aromatic N) is 2. The predicted octanol–water partition coefficient (Wildman–Crippen LogP) is 0.785. The van der Waals surface area contributed by atoms with E-state index in [2.05, 4.69) is 15.3 Å². The summed E-state index contributed by atoms with van der Waals surface area (Å²) in [6, 6.07) is 0.521. The van der Waals surface area contributed by atoms with Gasteiger partial charge in [-0.3, -0.25) is 9.78 Å². The monoisotopic (exact) mass is 234 g/mol. The van der Waals surface area contributed by atoms with Crippen molar-refractivity contribution in [3.63, 3.8) is 0 Å². The minimum Gasteiger partial charge on any atom is -0.348 e. The van der Waals surface area contributed by atoms with Gasteiger partial charge in [-0.2, -0.15) is 0 Å². The Morgan fingerprint density at radius 2 is 2.00 bits per heavy atom. The summed E-state index contributed by atoms with van der Waals surface area (Å²) >= 11 is 0. The van der Waals surface area contributed by atoms with E-state index in [-0.39, 0.29) is 11.9 Å². The van der Waals surface area contributed by atoms with Gasteiger partial charge in [-0.15, -0.1) is 0 Å². The second-order valence-corrected chi connectivity index (χ2v) is 4.63. The second-order valence-electron chi connectivity index (χ2n) is 4.63. The highest BCUT2D eigenvalue weighted by atomic mass is 16.1. The molecule has 0 radical (unpaired) electrons. The molecule has 1 aliphatic carbocycles. The van der Waals surface area contributed by atoms with Crippen LogP contribution >= 0.6 is 0 Å². The molecule has 1 heterocycles. The summed E-state index contributed by atoms with van der Waals surface area (Å²) in [7, 11) is 0. The molecule has 0 unspecified atom stereocenters. The number of rotatable bonds is 2. The first-order chi connectivity index (χ1) is 8.15. The van der Waals surface area contributed by atoms with Crippen molar-refractivity contribution in [2.24, 2.45) is 5.73 Å². The molecule has 0 atom stereocenters. The number of aromatic nitrogens is 2. The van der Waals surface area contributed by atoms with E-state index in [0.717, 1.165) is 31.4 Å². The van der Waals surface area contributed by atoms with Crippen LogP contribution in [-0.2, 0) is 0 Å². The van der Waals surface area contributed by atoms with Gasteiger partial charge in [-0.1, -0.05) is 0 Å². The molecule has 1 aromatic heterocycles. The van der Waals surface area contributed by atoms with E-state index < -0.39 is 0 Å². The third-order valence-corrected chi connectivity index (χ3v) is 3.12. The molecule has 3 N–H and O–H groups in total. The van der Waals surface area contributed by atoms with Crippen LogP contribution in [0.1, 0.15) is 41.9 Å². The van der Waals surface area contributed by atoms with Crippen LogP contribution in [0, 0.1) is 6.92 Å². The fourth-order valence-electron chi connectivity index (χ4n) is 2.03. The number of nitrogens with one attached hydrogen (secondary N) is 1. The van der Waals surface area contributed by atoms with Crippen LogP contribution in [0.15, 0.2) is 12.4 Å². The molecule has 2 rings (SSSR count). The molecular formula is C12H18N4O. The molecule has 0 bridgehead atoms. The predicted molar refractivity (Wildman–Crippen MR) is 64.5 cm³/mol. The smallest absolute Gasteiger partial charge is 0.271 e. The lowest BCUT2D eigenvalue weighted by atomic mass is 9.92. The molecule has 0 saturated heterocycles. The summed E-state index contributed by atoms with van der Waals surface area (Å²) in [6.07, 6.45) is 6.97. The summed E-state index contributed by atoms with van der Waals surface area (Å²) in [4.78, 5) is 20.0. The van der Waals surface area contributed by atoms with Crippen molar-refractivity contribution >= 4 is 5.91 Å². The molecule has 17 heavy (non-hydrogen) atoms. The van der Waals surface area contributed by atoms with Crippen LogP contribution < -0.4 is 11.1 Å². The van der Waals surface area contributed by atoms with Crippen LogP contribution in [0.2, 0.25) is 0 Å². The van der Waals surface area contributed by atoms with Crippen molar-refractivity contribution in [2.75, 3.05) is 0 Å². The fourth-order valence-corrected chi connectivity index (χ4v) is 2.03. The zero-order chi connectivity index (χ0) is 12.3. The van der Waals surface area contributed by atoms with Gasteiger partial charge in [0.15, 0.2) is 0 Å². The minimum atomic E-state index is -0.141. The Morgan fingerprint density at radius 1 is 1.29 bits per heavy atom. The van der Waals surface area contributed by atoms with Crippen LogP contribution in [-0.4, -0.2) is 28.0 Å². The van der Waals surface area contributed by atoms with E-state index in [0.29, 0.717) is 11.7 Å². The van der Waals surface area contributed by atoms with Crippen molar-refractivity contribution in [1.82, 2.24) is 15.3 Å². The van der Waals surface area contributed by atoms with E-state index in [4.69, 9.17) is 5.73 Å². The number of hydrogen-bond donors (Lipinski definition) is 2. The summed E-state index contributed by atoms with van der Waals surface area (Å²) in [6.45, 7) is 1.84. The number of aryl methyl sites for hydroxylation is 1. The first-order valence-electron chi connectivity index (χ1n) is 6.00. The maximum Gasteiger partial charge on any atom is 0.271 e. The quantitative estimate of drug-likeness (QED) is 0.792. The summed E-state index contributed by atoms with van der Waals surface area (Å²) in [5.41, 5.74) is 7.01. The van der Waals surface area contributed by atoms with Gasteiger partial charge in [0, 0.05) is 18.3 Å². The molecule has 1 aliphatic rings. The molecule has 92 valence electrons. The van der Waals surface area contributed by atoms with Crippen LogP contribution in [0.5, 0.6) is 0 Å². The first kappa shape index (κ1) is 12.0. The maximum absolute atomic E-state index is 11.9. The molecule has 0 spiro atoms. The summed E-state index contributed by atoms with van der Waals surface area (Å²) < 4.78 is 0. The standard InChI is InChI=1S/C12H18N4O/c1-8-6-15-11(7-14-8)12(17)16-10-4-2-9(13)3-5-10/h6-7,9-10H,2-5,13H2,1H3,(H,16,17). The van der Waals surface area contributed by atoms with Crippen molar-refractivity contribution < 1.29 is 4.79 Å². The van der Waals surface area contributed by atoms with Gasteiger partial charge in [0.05, 0.1) is 11.9 Å². The Hall–Kier alpha value is -1.49. The number of carbonyl (C=O) groups excluding carboxylic acids is 1. The van der Waals surface area contributed by atoms with Crippen LogP contribution in [0.25, 0.3) is 0 Å². The molecule has 5 heteroatoms. The lowest BCUT2D eigenvalue weighted by molar-refractivity contribution is 0.0920. The SMILES string of the molecule is Cc1cnc(C(=O)NC2CCC(N)CC2)cn1. The molecule has 0 aromatic carbocycles. The lowest BCUT2D eigenvalue weighted by Crippen LogP contribution is -2.40. The van der Waals surface area contributed by atoms with Crippen molar-refractivity contribution in [3.05, 3.63) is 23.8 Å². The number of amides is 1.